The zero-order chi connectivity index (χ0) is 22.9. The van der Waals surface area contributed by atoms with Crippen molar-refractivity contribution >= 4 is 17.6 Å². The molecule has 0 spiro atoms. The molecule has 3 N–H and O–H groups in total. The molecule has 3 aromatic carbocycles. The van der Waals surface area contributed by atoms with Crippen molar-refractivity contribution in [3.63, 3.8) is 0 Å². The van der Waals surface area contributed by atoms with Crippen molar-refractivity contribution in [2.75, 3.05) is 5.73 Å². The molecule has 0 saturated heterocycles. The Bertz CT molecular complexity index is 1040. The van der Waals surface area contributed by atoms with E-state index in [1.165, 1.54) is 6.07 Å². The first-order valence-electron chi connectivity index (χ1n) is 10.2. The summed E-state index contributed by atoms with van der Waals surface area (Å²) < 4.78 is 24.6. The van der Waals surface area contributed by atoms with E-state index < -0.39 is 29.8 Å². The number of benzene rings is 3. The summed E-state index contributed by atoms with van der Waals surface area (Å²) >= 11 is 0. The van der Waals surface area contributed by atoms with Crippen LogP contribution in [0.3, 0.4) is 0 Å². The third-order valence-corrected chi connectivity index (χ3v) is 4.85. The molecular weight excluding hydrogens is 411 g/mol. The van der Waals surface area contributed by atoms with E-state index in [0.29, 0.717) is 0 Å². The average Bonchev–Trinajstić information content (AvgIpc) is 2.80. The van der Waals surface area contributed by atoms with Crippen LogP contribution in [0.1, 0.15) is 28.4 Å². The normalized spacial score (nSPS) is 12.6. The van der Waals surface area contributed by atoms with E-state index in [2.05, 4.69) is 5.32 Å². The number of halogens is 1. The van der Waals surface area contributed by atoms with Crippen LogP contribution in [0.4, 0.5) is 10.1 Å². The number of anilines is 1. The predicted octanol–water partition coefficient (Wildman–Crippen LogP) is 3.86. The van der Waals surface area contributed by atoms with E-state index in [-0.39, 0.29) is 24.5 Å². The van der Waals surface area contributed by atoms with Gasteiger partial charge in [-0.15, -0.1) is 0 Å². The molecule has 1 amide bonds. The van der Waals surface area contributed by atoms with Gasteiger partial charge in [0.15, 0.2) is 6.04 Å². The molecule has 0 aliphatic heterocycles. The second-order valence-corrected chi connectivity index (χ2v) is 7.28. The molecule has 7 heteroatoms. The van der Waals surface area contributed by atoms with Crippen LogP contribution in [0.25, 0.3) is 0 Å². The number of carbonyl (C=O) groups excluding carboxylic acids is 2. The van der Waals surface area contributed by atoms with Crippen LogP contribution in [0, 0.1) is 5.82 Å². The van der Waals surface area contributed by atoms with Crippen molar-refractivity contribution in [2.45, 2.75) is 32.3 Å². The number of hydrogen-bond acceptors (Lipinski definition) is 5. The minimum absolute atomic E-state index is 0.0308. The second-order valence-electron chi connectivity index (χ2n) is 7.28. The zero-order valence-electron chi connectivity index (χ0n) is 17.7. The zero-order valence-corrected chi connectivity index (χ0v) is 17.7. The lowest BCUT2D eigenvalue weighted by Gasteiger charge is -2.24. The Morgan fingerprint density at radius 1 is 0.938 bits per heavy atom. The Balaban J connectivity index is 1.72. The molecule has 32 heavy (non-hydrogen) atoms. The summed E-state index contributed by atoms with van der Waals surface area (Å²) in [6.45, 7) is 1.97. The standard InChI is InChI=1S/C25H25FN2O4/c1-17(31-15-18-8-4-2-5-9-18)23(25(30)32-16-19-10-6-3-7-11-19)28-24(29)21-13-12-20(26)14-22(21)27/h2-14,17,23H,15-16,27H2,1H3,(H,28,29)/t17?,23-/m0/s1. The molecule has 1 unspecified atom stereocenters. The second kappa shape index (κ2) is 11.1. The van der Waals surface area contributed by atoms with Gasteiger partial charge in [-0.25, -0.2) is 9.18 Å². The lowest BCUT2D eigenvalue weighted by molar-refractivity contribution is -0.151. The molecule has 0 aliphatic carbocycles. The third kappa shape index (κ3) is 6.39. The first kappa shape index (κ1) is 23.0. The molecule has 0 saturated carbocycles. The highest BCUT2D eigenvalue weighted by molar-refractivity contribution is 6.01. The molecule has 2 atom stereocenters. The molecule has 0 aliphatic rings. The van der Waals surface area contributed by atoms with Crippen LogP contribution in [0.5, 0.6) is 0 Å². The smallest absolute Gasteiger partial charge is 0.331 e. The highest BCUT2D eigenvalue weighted by Gasteiger charge is 2.30. The number of nitrogens with one attached hydrogen (secondary N) is 1. The number of ether oxygens (including phenoxy) is 2. The summed E-state index contributed by atoms with van der Waals surface area (Å²) in [6.07, 6.45) is -0.705. The summed E-state index contributed by atoms with van der Waals surface area (Å²) in [4.78, 5) is 25.6. The molecule has 3 aromatic rings. The minimum atomic E-state index is -1.10. The van der Waals surface area contributed by atoms with E-state index in [1.807, 2.05) is 60.7 Å². The maximum absolute atomic E-state index is 13.3. The monoisotopic (exact) mass is 436 g/mol. The van der Waals surface area contributed by atoms with Gasteiger partial charge in [-0.1, -0.05) is 60.7 Å². The first-order valence-corrected chi connectivity index (χ1v) is 10.2. The van der Waals surface area contributed by atoms with Gasteiger partial charge >= 0.3 is 5.97 Å². The molecular formula is C25H25FN2O4. The summed E-state index contributed by atoms with van der Waals surface area (Å²) in [5.41, 5.74) is 7.53. The van der Waals surface area contributed by atoms with Crippen molar-refractivity contribution in [2.24, 2.45) is 0 Å². The van der Waals surface area contributed by atoms with Crippen LogP contribution in [0.15, 0.2) is 78.9 Å². The molecule has 0 bridgehead atoms. The third-order valence-electron chi connectivity index (χ3n) is 4.85. The number of nitrogens with two attached hydrogens (primary N) is 1. The average molecular weight is 436 g/mol. The van der Waals surface area contributed by atoms with E-state index in [4.69, 9.17) is 15.2 Å². The van der Waals surface area contributed by atoms with Gasteiger partial charge in [0, 0.05) is 5.69 Å². The summed E-state index contributed by atoms with van der Waals surface area (Å²) in [7, 11) is 0. The molecule has 3 rings (SSSR count). The Morgan fingerprint density at radius 3 is 2.12 bits per heavy atom. The molecule has 0 heterocycles. The van der Waals surface area contributed by atoms with Crippen LogP contribution in [-0.2, 0) is 27.5 Å². The van der Waals surface area contributed by atoms with E-state index in [0.717, 1.165) is 23.3 Å². The Kier molecular flexibility index (Phi) is 7.94. The van der Waals surface area contributed by atoms with E-state index in [9.17, 15) is 14.0 Å². The fourth-order valence-electron chi connectivity index (χ4n) is 3.04. The first-order chi connectivity index (χ1) is 15.4. The quantitative estimate of drug-likeness (QED) is 0.393. The fourth-order valence-corrected chi connectivity index (χ4v) is 3.04. The molecule has 0 aromatic heterocycles. The number of rotatable bonds is 9. The van der Waals surface area contributed by atoms with Crippen LogP contribution < -0.4 is 11.1 Å². The molecule has 0 fully saturated rings. The largest absolute Gasteiger partial charge is 0.459 e. The van der Waals surface area contributed by atoms with Crippen LogP contribution in [0.2, 0.25) is 0 Å². The summed E-state index contributed by atoms with van der Waals surface area (Å²) in [5.74, 6) is -1.83. The van der Waals surface area contributed by atoms with Gasteiger partial charge in [-0.05, 0) is 36.2 Å². The van der Waals surface area contributed by atoms with E-state index >= 15 is 0 Å². The maximum Gasteiger partial charge on any atom is 0.331 e. The highest BCUT2D eigenvalue weighted by Crippen LogP contribution is 2.15. The highest BCUT2D eigenvalue weighted by atomic mass is 19.1. The minimum Gasteiger partial charge on any atom is -0.459 e. The molecule has 0 radical (unpaired) electrons. The van der Waals surface area contributed by atoms with Crippen molar-refractivity contribution in [1.82, 2.24) is 5.32 Å². The van der Waals surface area contributed by atoms with Crippen LogP contribution >= 0.6 is 0 Å². The van der Waals surface area contributed by atoms with Gasteiger partial charge in [-0.2, -0.15) is 0 Å². The predicted molar refractivity (Wildman–Crippen MR) is 119 cm³/mol. The Morgan fingerprint density at radius 2 is 1.53 bits per heavy atom. The molecule has 166 valence electrons. The van der Waals surface area contributed by atoms with Gasteiger partial charge in [0.25, 0.3) is 5.91 Å². The summed E-state index contributed by atoms with van der Waals surface area (Å²) in [6, 6.07) is 21.0. The van der Waals surface area contributed by atoms with Crippen molar-refractivity contribution < 1.29 is 23.5 Å². The number of nitrogen functional groups attached to an aromatic ring is 1. The SMILES string of the molecule is CC(OCc1ccccc1)[C@H](NC(=O)c1ccc(F)cc1N)C(=O)OCc1ccccc1. The molecule has 6 nitrogen and oxygen atoms in total. The number of hydrogen-bond donors (Lipinski definition) is 2. The van der Waals surface area contributed by atoms with Crippen molar-refractivity contribution in [3.8, 4) is 0 Å². The van der Waals surface area contributed by atoms with Gasteiger partial charge in [0.2, 0.25) is 0 Å². The maximum atomic E-state index is 13.3. The van der Waals surface area contributed by atoms with Crippen molar-refractivity contribution in [3.05, 3.63) is 101 Å². The van der Waals surface area contributed by atoms with Crippen molar-refractivity contribution in [1.29, 1.82) is 0 Å². The van der Waals surface area contributed by atoms with Gasteiger partial charge in [0.1, 0.15) is 12.4 Å². The lowest BCUT2D eigenvalue weighted by atomic mass is 10.1. The summed E-state index contributed by atoms with van der Waals surface area (Å²) in [5, 5.41) is 2.62. The number of amides is 1. The van der Waals surface area contributed by atoms with Gasteiger partial charge < -0.3 is 20.5 Å². The number of esters is 1. The number of carbonyl (C=O) groups is 2. The van der Waals surface area contributed by atoms with Crippen LogP contribution in [-0.4, -0.2) is 24.0 Å². The lowest BCUT2D eigenvalue weighted by Crippen LogP contribution is -2.49. The Hall–Kier alpha value is -3.71. The Labute approximate surface area is 186 Å². The van der Waals surface area contributed by atoms with Gasteiger partial charge in [0.05, 0.1) is 18.3 Å². The topological polar surface area (TPSA) is 90.6 Å². The fraction of sp³-hybridized carbons (Fsp3) is 0.200. The van der Waals surface area contributed by atoms with E-state index in [1.54, 1.807) is 6.92 Å². The van der Waals surface area contributed by atoms with Gasteiger partial charge in [-0.3, -0.25) is 4.79 Å².